The van der Waals surface area contributed by atoms with Gasteiger partial charge in [0.1, 0.15) is 5.75 Å². The zero-order chi connectivity index (χ0) is 13.9. The van der Waals surface area contributed by atoms with Gasteiger partial charge in [-0.15, -0.1) is 0 Å². The summed E-state index contributed by atoms with van der Waals surface area (Å²) >= 11 is 2.02. The van der Waals surface area contributed by atoms with E-state index in [1.807, 2.05) is 36.9 Å². The average Bonchev–Trinajstić information content (AvgIpc) is 2.90. The highest BCUT2D eigenvalue weighted by molar-refractivity contribution is 14.1. The summed E-state index contributed by atoms with van der Waals surface area (Å²) < 4.78 is 5.54. The molecule has 1 aromatic carbocycles. The second-order valence-electron chi connectivity index (χ2n) is 5.65. The van der Waals surface area contributed by atoms with Crippen molar-refractivity contribution < 1.29 is 3.07 Å². The zero-order valence-corrected chi connectivity index (χ0v) is 14.5. The van der Waals surface area contributed by atoms with E-state index in [4.69, 9.17) is 3.07 Å². The highest BCUT2D eigenvalue weighted by atomic mass is 127. The van der Waals surface area contributed by atoms with Gasteiger partial charge in [0, 0.05) is 0 Å². The van der Waals surface area contributed by atoms with Crippen LogP contribution in [0.1, 0.15) is 69.1 Å². The van der Waals surface area contributed by atoms with Crippen molar-refractivity contribution in [1.82, 2.24) is 0 Å². The van der Waals surface area contributed by atoms with Crippen LogP contribution in [0.3, 0.4) is 0 Å². The summed E-state index contributed by atoms with van der Waals surface area (Å²) in [6, 6.07) is 4.40. The van der Waals surface area contributed by atoms with Crippen molar-refractivity contribution in [2.75, 3.05) is 0 Å². The maximum absolute atomic E-state index is 5.54. The van der Waals surface area contributed by atoms with Gasteiger partial charge < -0.3 is 3.07 Å². The lowest BCUT2D eigenvalue weighted by Gasteiger charge is -2.37. The Morgan fingerprint density at radius 2 is 1.68 bits per heavy atom. The van der Waals surface area contributed by atoms with Crippen LogP contribution < -0.4 is 3.07 Å². The van der Waals surface area contributed by atoms with Gasteiger partial charge in [0.2, 0.25) is 0 Å². The van der Waals surface area contributed by atoms with Crippen LogP contribution in [-0.4, -0.2) is 0 Å². The van der Waals surface area contributed by atoms with E-state index in [9.17, 15) is 0 Å². The Hall–Kier alpha value is -0.250. The van der Waals surface area contributed by atoms with Crippen molar-refractivity contribution in [1.29, 1.82) is 0 Å². The van der Waals surface area contributed by atoms with Crippen LogP contribution in [0.15, 0.2) is 12.1 Å². The van der Waals surface area contributed by atoms with Gasteiger partial charge in [-0.1, -0.05) is 32.8 Å². The standard InChI is InChI=1S/C15H19IO.C2H6/c1-11-6-7-13(17-16)12-5-4-10-15(14(11)12)8-2-3-9-15;1-2/h6-7H,2-5,8-10H2,1H3;1-2H3. The van der Waals surface area contributed by atoms with E-state index in [0.29, 0.717) is 5.41 Å². The topological polar surface area (TPSA) is 9.23 Å². The molecule has 0 amide bonds. The van der Waals surface area contributed by atoms with Crippen LogP contribution in [0.5, 0.6) is 5.75 Å². The first kappa shape index (κ1) is 15.1. The van der Waals surface area contributed by atoms with Crippen molar-refractivity contribution in [3.8, 4) is 5.75 Å². The first-order chi connectivity index (χ1) is 9.27. The minimum Gasteiger partial charge on any atom is -0.427 e. The number of rotatable bonds is 1. The molecule has 106 valence electrons. The van der Waals surface area contributed by atoms with Gasteiger partial charge in [-0.05, 0) is 67.2 Å². The molecule has 1 spiro atoms. The zero-order valence-electron chi connectivity index (χ0n) is 12.4. The van der Waals surface area contributed by atoms with Crippen LogP contribution in [-0.2, 0) is 11.8 Å². The lowest BCUT2D eigenvalue weighted by molar-refractivity contribution is 0.365. The monoisotopic (exact) mass is 372 g/mol. The van der Waals surface area contributed by atoms with Gasteiger partial charge >= 0.3 is 0 Å². The normalized spacial score (nSPS) is 19.6. The smallest absolute Gasteiger partial charge is 0.192 e. The predicted molar refractivity (Wildman–Crippen MR) is 90.3 cm³/mol. The predicted octanol–water partition coefficient (Wildman–Crippen LogP) is 5.90. The molecular formula is C17H25IO. The van der Waals surface area contributed by atoms with Crippen LogP contribution in [0.2, 0.25) is 0 Å². The van der Waals surface area contributed by atoms with Gasteiger partial charge in [-0.3, -0.25) is 0 Å². The Balaban J connectivity index is 0.000000637. The van der Waals surface area contributed by atoms with Crippen LogP contribution in [0, 0.1) is 6.92 Å². The molecule has 3 rings (SSSR count). The van der Waals surface area contributed by atoms with E-state index in [0.717, 1.165) is 5.75 Å². The summed E-state index contributed by atoms with van der Waals surface area (Å²) in [5.41, 5.74) is 5.14. The maximum Gasteiger partial charge on any atom is 0.192 e. The Morgan fingerprint density at radius 3 is 2.32 bits per heavy atom. The molecule has 0 radical (unpaired) electrons. The summed E-state index contributed by atoms with van der Waals surface area (Å²) in [5.74, 6) is 1.11. The molecule has 1 saturated carbocycles. The first-order valence-corrected chi connectivity index (χ1v) is 8.56. The lowest BCUT2D eigenvalue weighted by atomic mass is 9.67. The average molecular weight is 372 g/mol. The molecule has 0 aromatic heterocycles. The fraction of sp³-hybridized carbons (Fsp3) is 0.647. The summed E-state index contributed by atoms with van der Waals surface area (Å²) in [6.07, 6.45) is 9.55. The summed E-state index contributed by atoms with van der Waals surface area (Å²) in [6.45, 7) is 6.28. The van der Waals surface area contributed by atoms with E-state index in [2.05, 4.69) is 19.1 Å². The van der Waals surface area contributed by atoms with E-state index in [-0.39, 0.29) is 0 Å². The number of fused-ring (bicyclic) bond motifs is 2. The Labute approximate surface area is 131 Å². The molecule has 2 heteroatoms. The third kappa shape index (κ3) is 2.65. The molecular weight excluding hydrogens is 347 g/mol. The highest BCUT2D eigenvalue weighted by Crippen LogP contribution is 2.51. The molecule has 0 atom stereocenters. The molecule has 2 aliphatic carbocycles. The van der Waals surface area contributed by atoms with Crippen LogP contribution in [0.25, 0.3) is 0 Å². The summed E-state index contributed by atoms with van der Waals surface area (Å²) in [5, 5.41) is 0. The number of benzene rings is 1. The number of aryl methyl sites for hydroxylation is 1. The molecule has 0 aliphatic heterocycles. The number of halogens is 1. The molecule has 0 heterocycles. The van der Waals surface area contributed by atoms with Gasteiger partial charge in [-0.25, -0.2) is 0 Å². The Bertz CT molecular complexity index is 433. The molecule has 0 saturated heterocycles. The van der Waals surface area contributed by atoms with Crippen LogP contribution in [0.4, 0.5) is 0 Å². The lowest BCUT2D eigenvalue weighted by Crippen LogP contribution is -2.29. The second kappa shape index (κ2) is 6.47. The summed E-state index contributed by atoms with van der Waals surface area (Å²) in [4.78, 5) is 0. The van der Waals surface area contributed by atoms with Crippen molar-refractivity contribution >= 4 is 23.0 Å². The van der Waals surface area contributed by atoms with Crippen molar-refractivity contribution in [3.63, 3.8) is 0 Å². The fourth-order valence-electron chi connectivity index (χ4n) is 4.08. The Morgan fingerprint density at radius 1 is 1.05 bits per heavy atom. The van der Waals surface area contributed by atoms with Crippen molar-refractivity contribution in [2.45, 2.75) is 71.1 Å². The SMILES string of the molecule is CC.Cc1ccc(OI)c2c1C1(CCCC1)CCC2. The molecule has 0 N–H and O–H groups in total. The molecule has 2 aliphatic rings. The van der Waals surface area contributed by atoms with Gasteiger partial charge in [0.15, 0.2) is 23.0 Å². The van der Waals surface area contributed by atoms with Gasteiger partial charge in [-0.2, -0.15) is 0 Å². The fourth-order valence-corrected chi connectivity index (χ4v) is 4.50. The van der Waals surface area contributed by atoms with Gasteiger partial charge in [0.05, 0.1) is 0 Å². The third-order valence-electron chi connectivity index (χ3n) is 4.73. The third-order valence-corrected chi connectivity index (χ3v) is 5.21. The molecule has 0 unspecified atom stereocenters. The second-order valence-corrected chi connectivity index (χ2v) is 6.09. The quantitative estimate of drug-likeness (QED) is 0.558. The number of hydrogen-bond acceptors (Lipinski definition) is 1. The minimum absolute atomic E-state index is 0.503. The van der Waals surface area contributed by atoms with E-state index in [1.165, 1.54) is 56.1 Å². The van der Waals surface area contributed by atoms with Crippen molar-refractivity contribution in [2.24, 2.45) is 0 Å². The molecule has 1 fully saturated rings. The number of hydrogen-bond donors (Lipinski definition) is 0. The van der Waals surface area contributed by atoms with E-state index >= 15 is 0 Å². The van der Waals surface area contributed by atoms with E-state index < -0.39 is 0 Å². The van der Waals surface area contributed by atoms with E-state index in [1.54, 1.807) is 5.56 Å². The molecule has 1 aromatic rings. The van der Waals surface area contributed by atoms with Crippen molar-refractivity contribution in [3.05, 3.63) is 28.8 Å². The highest BCUT2D eigenvalue weighted by Gasteiger charge is 2.40. The van der Waals surface area contributed by atoms with Crippen LogP contribution >= 0.6 is 23.0 Å². The summed E-state index contributed by atoms with van der Waals surface area (Å²) in [7, 11) is 0. The maximum atomic E-state index is 5.54. The largest absolute Gasteiger partial charge is 0.427 e. The molecule has 19 heavy (non-hydrogen) atoms. The molecule has 0 bridgehead atoms. The minimum atomic E-state index is 0.503. The first-order valence-electron chi connectivity index (χ1n) is 7.68. The molecule has 1 nitrogen and oxygen atoms in total. The Kier molecular flexibility index (Phi) is 5.15. The van der Waals surface area contributed by atoms with Gasteiger partial charge in [0.25, 0.3) is 0 Å².